The van der Waals surface area contributed by atoms with Crippen LogP contribution in [0.25, 0.3) is 0 Å². The molecule has 8 heteroatoms. The van der Waals surface area contributed by atoms with Crippen LogP contribution in [-0.4, -0.2) is 42.8 Å². The van der Waals surface area contributed by atoms with Gasteiger partial charge in [0.25, 0.3) is 0 Å². The minimum Gasteiger partial charge on any atom is -0.493 e. The maximum atomic E-state index is 12.1. The molecule has 1 aromatic rings. The van der Waals surface area contributed by atoms with E-state index in [1.807, 2.05) is 13.8 Å². The first kappa shape index (κ1) is 17.8. The van der Waals surface area contributed by atoms with Crippen molar-refractivity contribution < 1.29 is 22.6 Å². The van der Waals surface area contributed by atoms with Crippen molar-refractivity contribution in [3.05, 3.63) is 11.9 Å². The smallest absolute Gasteiger partial charge is 0.411 e. The molecule has 0 spiro atoms. The Hall–Kier alpha value is -1.28. The van der Waals surface area contributed by atoms with Crippen LogP contribution in [0.5, 0.6) is 5.75 Å². The van der Waals surface area contributed by atoms with Gasteiger partial charge in [0.2, 0.25) is 0 Å². The minimum atomic E-state index is -4.30. The molecule has 5 nitrogen and oxygen atoms in total. The molecular weight excluding hydrogens is 287 g/mol. The number of aromatic nitrogens is 2. The van der Waals surface area contributed by atoms with Gasteiger partial charge in [-0.15, -0.1) is 0 Å². The largest absolute Gasteiger partial charge is 0.493 e. The van der Waals surface area contributed by atoms with Gasteiger partial charge in [0.15, 0.2) is 5.75 Å². The first-order chi connectivity index (χ1) is 9.92. The number of halogens is 3. The summed E-state index contributed by atoms with van der Waals surface area (Å²) in [6, 6.07) is -0.166. The van der Waals surface area contributed by atoms with E-state index in [9.17, 15) is 13.2 Å². The highest BCUT2D eigenvalue weighted by Crippen LogP contribution is 2.27. The van der Waals surface area contributed by atoms with Crippen molar-refractivity contribution in [2.75, 3.05) is 26.9 Å². The number of aryl methyl sites for hydroxylation is 1. The molecule has 1 heterocycles. The van der Waals surface area contributed by atoms with E-state index in [1.165, 1.54) is 0 Å². The van der Waals surface area contributed by atoms with Gasteiger partial charge in [-0.3, -0.25) is 4.68 Å². The van der Waals surface area contributed by atoms with Crippen molar-refractivity contribution in [3.8, 4) is 5.75 Å². The molecule has 0 radical (unpaired) electrons. The summed E-state index contributed by atoms with van der Waals surface area (Å²) in [6.07, 6.45) is -2.28. The van der Waals surface area contributed by atoms with E-state index in [4.69, 9.17) is 4.74 Å². The molecule has 0 aromatic carbocycles. The molecular formula is C13H22F3N3O2. The van der Waals surface area contributed by atoms with E-state index < -0.39 is 12.8 Å². The summed E-state index contributed by atoms with van der Waals surface area (Å²) in [5, 5.41) is 7.44. The summed E-state index contributed by atoms with van der Waals surface area (Å²) in [4.78, 5) is 0. The zero-order chi connectivity index (χ0) is 15.9. The molecule has 0 saturated heterocycles. The third-order valence-corrected chi connectivity index (χ3v) is 2.96. The molecule has 21 heavy (non-hydrogen) atoms. The Balaban J connectivity index is 2.70. The molecule has 1 rings (SSSR count). The van der Waals surface area contributed by atoms with Gasteiger partial charge in [-0.05, 0) is 19.9 Å². The van der Waals surface area contributed by atoms with Crippen molar-refractivity contribution in [3.63, 3.8) is 0 Å². The zero-order valence-electron chi connectivity index (χ0n) is 12.5. The summed E-state index contributed by atoms with van der Waals surface area (Å²) in [5.74, 6) is 0.624. The van der Waals surface area contributed by atoms with Crippen LogP contribution in [0.3, 0.4) is 0 Å². The monoisotopic (exact) mass is 309 g/mol. The highest BCUT2D eigenvalue weighted by Gasteiger charge is 2.28. The van der Waals surface area contributed by atoms with E-state index in [1.54, 1.807) is 18.0 Å². The van der Waals surface area contributed by atoms with Crippen molar-refractivity contribution in [1.82, 2.24) is 15.1 Å². The van der Waals surface area contributed by atoms with Crippen molar-refractivity contribution >= 4 is 0 Å². The summed E-state index contributed by atoms with van der Waals surface area (Å²) < 4.78 is 47.9. The van der Waals surface area contributed by atoms with Gasteiger partial charge in [-0.25, -0.2) is 0 Å². The summed E-state index contributed by atoms with van der Waals surface area (Å²) in [5.41, 5.74) is 0.831. The molecule has 0 aliphatic heterocycles. The van der Waals surface area contributed by atoms with Gasteiger partial charge in [-0.1, -0.05) is 6.92 Å². The highest BCUT2D eigenvalue weighted by atomic mass is 19.4. The Morgan fingerprint density at radius 2 is 2.10 bits per heavy atom. The van der Waals surface area contributed by atoms with Crippen molar-refractivity contribution in [2.24, 2.45) is 0 Å². The third-order valence-electron chi connectivity index (χ3n) is 2.96. The van der Waals surface area contributed by atoms with Crippen LogP contribution in [0.2, 0.25) is 0 Å². The van der Waals surface area contributed by atoms with Crippen molar-refractivity contribution in [2.45, 2.75) is 39.0 Å². The molecule has 0 aliphatic rings. The van der Waals surface area contributed by atoms with E-state index in [2.05, 4.69) is 15.2 Å². The van der Waals surface area contributed by atoms with E-state index >= 15 is 0 Å². The maximum absolute atomic E-state index is 12.1. The predicted octanol–water partition coefficient (Wildman–Crippen LogP) is 2.53. The lowest BCUT2D eigenvalue weighted by Crippen LogP contribution is -2.26. The Morgan fingerprint density at radius 3 is 2.62 bits per heavy atom. The quantitative estimate of drug-likeness (QED) is 0.712. The first-order valence-corrected chi connectivity index (χ1v) is 6.90. The summed E-state index contributed by atoms with van der Waals surface area (Å²) in [6.45, 7) is 4.00. The van der Waals surface area contributed by atoms with Crippen LogP contribution in [0.4, 0.5) is 13.2 Å². The fourth-order valence-corrected chi connectivity index (χ4v) is 2.11. The lowest BCUT2D eigenvalue weighted by molar-refractivity contribution is -0.174. The lowest BCUT2D eigenvalue weighted by atomic mass is 10.1. The molecule has 0 saturated carbocycles. The molecule has 1 N–H and O–H groups in total. The number of alkyl halides is 3. The highest BCUT2D eigenvalue weighted by molar-refractivity contribution is 5.28. The predicted molar refractivity (Wildman–Crippen MR) is 72.4 cm³/mol. The standard InChI is InChI=1S/C13H22F3N3O2/c1-4-17-10(6-7-21-9-13(14,15)16)12-11(20-3)8-18-19(12)5-2/h8,10,17H,4-7,9H2,1-3H3. The van der Waals surface area contributed by atoms with Crippen LogP contribution in [0.15, 0.2) is 6.20 Å². The third kappa shape index (κ3) is 5.55. The summed E-state index contributed by atoms with van der Waals surface area (Å²) in [7, 11) is 1.55. The topological polar surface area (TPSA) is 48.3 Å². The van der Waals surface area contributed by atoms with Crippen LogP contribution >= 0.6 is 0 Å². The van der Waals surface area contributed by atoms with Gasteiger partial charge in [0, 0.05) is 13.2 Å². The second kappa shape index (κ2) is 8.23. The average Bonchev–Trinajstić information content (AvgIpc) is 2.84. The normalized spacial score (nSPS) is 13.4. The second-order valence-corrected chi connectivity index (χ2v) is 4.48. The van der Waals surface area contributed by atoms with Crippen molar-refractivity contribution in [1.29, 1.82) is 0 Å². The molecule has 1 atom stereocenters. The number of nitrogens with zero attached hydrogens (tertiary/aromatic N) is 2. The van der Waals surface area contributed by atoms with E-state index in [0.29, 0.717) is 25.3 Å². The van der Waals surface area contributed by atoms with Gasteiger partial charge >= 0.3 is 6.18 Å². The molecule has 0 bridgehead atoms. The molecule has 0 aliphatic carbocycles. The van der Waals surface area contributed by atoms with Crippen LogP contribution in [0.1, 0.15) is 32.0 Å². The SMILES string of the molecule is CCNC(CCOCC(F)(F)F)c1c(OC)cnn1CC. The molecule has 122 valence electrons. The number of rotatable bonds is 9. The Kier molecular flexibility index (Phi) is 6.97. The summed E-state index contributed by atoms with van der Waals surface area (Å²) >= 11 is 0. The second-order valence-electron chi connectivity index (χ2n) is 4.48. The molecule has 1 unspecified atom stereocenters. The Labute approximate surface area is 122 Å². The van der Waals surface area contributed by atoms with E-state index in [-0.39, 0.29) is 12.6 Å². The van der Waals surface area contributed by atoms with Gasteiger partial charge < -0.3 is 14.8 Å². The number of methoxy groups -OCH3 is 1. The van der Waals surface area contributed by atoms with Crippen LogP contribution in [-0.2, 0) is 11.3 Å². The number of hydrogen-bond acceptors (Lipinski definition) is 4. The van der Waals surface area contributed by atoms with Crippen LogP contribution < -0.4 is 10.1 Å². The average molecular weight is 309 g/mol. The number of ether oxygens (including phenoxy) is 2. The number of hydrogen-bond donors (Lipinski definition) is 1. The first-order valence-electron chi connectivity index (χ1n) is 6.90. The molecule has 0 fully saturated rings. The minimum absolute atomic E-state index is 0.00915. The maximum Gasteiger partial charge on any atom is 0.411 e. The van der Waals surface area contributed by atoms with Crippen LogP contribution in [0, 0.1) is 0 Å². The fraction of sp³-hybridized carbons (Fsp3) is 0.769. The van der Waals surface area contributed by atoms with Gasteiger partial charge in [0.1, 0.15) is 6.61 Å². The fourth-order valence-electron chi connectivity index (χ4n) is 2.11. The Morgan fingerprint density at radius 1 is 1.38 bits per heavy atom. The lowest BCUT2D eigenvalue weighted by Gasteiger charge is -2.20. The zero-order valence-corrected chi connectivity index (χ0v) is 12.5. The Bertz CT molecular complexity index is 400. The van der Waals surface area contributed by atoms with E-state index in [0.717, 1.165) is 5.69 Å². The number of nitrogens with one attached hydrogen (secondary N) is 1. The van der Waals surface area contributed by atoms with Gasteiger partial charge in [-0.2, -0.15) is 18.3 Å². The molecule has 0 amide bonds. The van der Waals surface area contributed by atoms with Gasteiger partial charge in [0.05, 0.1) is 25.0 Å². The molecule has 1 aromatic heterocycles.